The minimum Gasteiger partial charge on any atom is -0.363 e. The van der Waals surface area contributed by atoms with E-state index in [9.17, 15) is 4.39 Å². The lowest BCUT2D eigenvalue weighted by atomic mass is 10.1. The monoisotopic (exact) mass is 422 g/mol. The molecule has 1 atom stereocenters. The van der Waals surface area contributed by atoms with Crippen LogP contribution in [-0.4, -0.2) is 26.2 Å². The predicted octanol–water partition coefficient (Wildman–Crippen LogP) is 4.37. The smallest absolute Gasteiger partial charge is 0.182 e. The normalized spacial score (nSPS) is 16.7. The first-order valence-electron chi connectivity index (χ1n) is 8.54. The summed E-state index contributed by atoms with van der Waals surface area (Å²) < 4.78 is 15.5. The molecule has 3 aromatic rings. The molecule has 1 aromatic carbocycles. The molecule has 0 saturated carbocycles. The molecular weight excluding hydrogens is 406 g/mol. The number of hydrogen-bond acceptors (Lipinski definition) is 6. The van der Waals surface area contributed by atoms with Crippen LogP contribution in [0.25, 0.3) is 5.65 Å². The summed E-state index contributed by atoms with van der Waals surface area (Å²) in [5.74, 6) is 0.579. The molecule has 3 heterocycles. The van der Waals surface area contributed by atoms with Crippen LogP contribution >= 0.6 is 23.2 Å². The van der Waals surface area contributed by atoms with E-state index in [0.29, 0.717) is 33.5 Å². The van der Waals surface area contributed by atoms with Gasteiger partial charge in [0.25, 0.3) is 0 Å². The number of fused-ring (bicyclic) bond motifs is 1. The number of anilines is 1. The van der Waals surface area contributed by atoms with E-state index in [4.69, 9.17) is 28.0 Å². The molecular formula is C18H17Cl2FN6O. The molecule has 0 fully saturated rings. The lowest BCUT2D eigenvalue weighted by Gasteiger charge is -2.18. The van der Waals surface area contributed by atoms with Crippen LogP contribution in [0.3, 0.4) is 0 Å². The molecule has 2 aromatic heterocycles. The molecule has 1 aliphatic heterocycles. The van der Waals surface area contributed by atoms with Crippen LogP contribution in [0.1, 0.15) is 37.9 Å². The van der Waals surface area contributed by atoms with Crippen molar-refractivity contribution in [2.24, 2.45) is 4.99 Å². The van der Waals surface area contributed by atoms with Crippen molar-refractivity contribution in [3.05, 3.63) is 57.6 Å². The average molecular weight is 423 g/mol. The maximum Gasteiger partial charge on any atom is 0.182 e. The van der Waals surface area contributed by atoms with Gasteiger partial charge >= 0.3 is 0 Å². The van der Waals surface area contributed by atoms with E-state index in [1.165, 1.54) is 12.1 Å². The SMILES string of the molecule is C[C@@H](Nc1ccn2ncc(C3=NC(C)(C)ON3)c2n1)c1c(Cl)ccc(F)c1Cl. The van der Waals surface area contributed by atoms with Gasteiger partial charge < -0.3 is 5.32 Å². The van der Waals surface area contributed by atoms with Crippen molar-refractivity contribution in [1.82, 2.24) is 20.1 Å². The summed E-state index contributed by atoms with van der Waals surface area (Å²) in [5, 5.41) is 7.86. The molecule has 10 heteroatoms. The molecule has 28 heavy (non-hydrogen) atoms. The molecule has 1 aliphatic rings. The van der Waals surface area contributed by atoms with Crippen molar-refractivity contribution >= 4 is 40.5 Å². The van der Waals surface area contributed by atoms with Crippen molar-refractivity contribution in [3.8, 4) is 0 Å². The molecule has 146 valence electrons. The number of nitrogens with zero attached hydrogens (tertiary/aromatic N) is 4. The van der Waals surface area contributed by atoms with E-state index in [2.05, 4.69) is 25.9 Å². The fraction of sp³-hybridized carbons (Fsp3) is 0.278. The Morgan fingerprint density at radius 2 is 2.07 bits per heavy atom. The highest BCUT2D eigenvalue weighted by atomic mass is 35.5. The Morgan fingerprint density at radius 1 is 1.29 bits per heavy atom. The molecule has 0 saturated heterocycles. The fourth-order valence-corrected chi connectivity index (χ4v) is 3.65. The van der Waals surface area contributed by atoms with Gasteiger partial charge in [-0.25, -0.2) is 29.2 Å². The summed E-state index contributed by atoms with van der Waals surface area (Å²) in [6.07, 6.45) is 3.42. The van der Waals surface area contributed by atoms with Crippen molar-refractivity contribution in [2.45, 2.75) is 32.5 Å². The highest BCUT2D eigenvalue weighted by molar-refractivity contribution is 6.36. The van der Waals surface area contributed by atoms with Crippen molar-refractivity contribution in [3.63, 3.8) is 0 Å². The first-order chi connectivity index (χ1) is 13.2. The van der Waals surface area contributed by atoms with Crippen molar-refractivity contribution in [1.29, 1.82) is 0 Å². The summed E-state index contributed by atoms with van der Waals surface area (Å²) in [6.45, 7) is 5.51. The second-order valence-electron chi connectivity index (χ2n) is 6.87. The standard InChI is InChI=1S/C18H17Cl2FN6O/c1-9(14-11(19)4-5-12(21)15(14)20)23-13-6-7-27-17(24-13)10(8-22-27)16-25-18(2,3)28-26-16/h4-9H,1-3H3,(H,23,24)(H,25,26)/t9-/m1/s1. The van der Waals surface area contributed by atoms with E-state index in [0.717, 1.165) is 0 Å². The molecule has 7 nitrogen and oxygen atoms in total. The lowest BCUT2D eigenvalue weighted by Crippen LogP contribution is -2.23. The first kappa shape index (κ1) is 18.9. The maximum absolute atomic E-state index is 13.8. The molecule has 0 amide bonds. The van der Waals surface area contributed by atoms with Gasteiger partial charge in [-0.05, 0) is 39.0 Å². The average Bonchev–Trinajstić information content (AvgIpc) is 3.21. The third kappa shape index (κ3) is 3.39. The molecule has 0 spiro atoms. The summed E-state index contributed by atoms with van der Waals surface area (Å²) in [4.78, 5) is 14.5. The van der Waals surface area contributed by atoms with Gasteiger partial charge in [-0.3, -0.25) is 0 Å². The number of benzene rings is 1. The zero-order valence-corrected chi connectivity index (χ0v) is 16.8. The van der Waals surface area contributed by atoms with Gasteiger partial charge in [0, 0.05) is 16.8 Å². The van der Waals surface area contributed by atoms with Crippen LogP contribution in [-0.2, 0) is 4.84 Å². The van der Waals surface area contributed by atoms with Crippen LogP contribution in [0.2, 0.25) is 10.0 Å². The maximum atomic E-state index is 13.8. The van der Waals surface area contributed by atoms with Gasteiger partial charge in [0.05, 0.1) is 22.8 Å². The van der Waals surface area contributed by atoms with Gasteiger partial charge in [0.2, 0.25) is 0 Å². The lowest BCUT2D eigenvalue weighted by molar-refractivity contribution is -0.0269. The van der Waals surface area contributed by atoms with E-state index >= 15 is 0 Å². The molecule has 0 radical (unpaired) electrons. The minimum absolute atomic E-state index is 0.0116. The quantitative estimate of drug-likeness (QED) is 0.610. The third-order valence-corrected chi connectivity index (χ3v) is 4.99. The molecule has 2 N–H and O–H groups in total. The third-order valence-electron chi connectivity index (χ3n) is 4.28. The van der Waals surface area contributed by atoms with Crippen molar-refractivity contribution < 1.29 is 9.23 Å². The number of hydroxylamine groups is 1. The largest absolute Gasteiger partial charge is 0.363 e. The van der Waals surface area contributed by atoms with E-state index in [-0.39, 0.29) is 11.1 Å². The Labute approximate surface area is 170 Å². The number of aromatic nitrogens is 3. The molecule has 0 aliphatic carbocycles. The Balaban J connectivity index is 1.67. The minimum atomic E-state index is -0.668. The Hall–Kier alpha value is -2.42. The van der Waals surface area contributed by atoms with E-state index in [1.54, 1.807) is 23.0 Å². The Kier molecular flexibility index (Phi) is 4.65. The van der Waals surface area contributed by atoms with Crippen LogP contribution < -0.4 is 10.8 Å². The van der Waals surface area contributed by atoms with Crippen LogP contribution in [0.15, 0.2) is 35.6 Å². The van der Waals surface area contributed by atoms with Gasteiger partial charge in [0.15, 0.2) is 17.2 Å². The highest BCUT2D eigenvalue weighted by Gasteiger charge is 2.28. The van der Waals surface area contributed by atoms with Crippen LogP contribution in [0, 0.1) is 5.82 Å². The van der Waals surface area contributed by atoms with E-state index < -0.39 is 11.5 Å². The second-order valence-corrected chi connectivity index (χ2v) is 7.66. The summed E-state index contributed by atoms with van der Waals surface area (Å²) in [7, 11) is 0. The van der Waals surface area contributed by atoms with Crippen LogP contribution in [0.5, 0.6) is 0 Å². The number of halogens is 3. The topological polar surface area (TPSA) is 75.8 Å². The summed E-state index contributed by atoms with van der Waals surface area (Å²) in [5.41, 5.74) is 3.89. The summed E-state index contributed by atoms with van der Waals surface area (Å²) in [6, 6.07) is 4.10. The van der Waals surface area contributed by atoms with Gasteiger partial charge in [-0.1, -0.05) is 23.2 Å². The highest BCUT2D eigenvalue weighted by Crippen LogP contribution is 2.34. The second kappa shape index (κ2) is 6.88. The zero-order valence-electron chi connectivity index (χ0n) is 15.3. The van der Waals surface area contributed by atoms with E-state index in [1.807, 2.05) is 20.8 Å². The zero-order chi connectivity index (χ0) is 20.1. The number of amidine groups is 1. The van der Waals surface area contributed by atoms with Gasteiger partial charge in [0.1, 0.15) is 11.6 Å². The van der Waals surface area contributed by atoms with Gasteiger partial charge in [-0.2, -0.15) is 5.10 Å². The molecule has 4 rings (SSSR count). The number of nitrogens with one attached hydrogen (secondary N) is 2. The Morgan fingerprint density at radius 3 is 2.79 bits per heavy atom. The van der Waals surface area contributed by atoms with Gasteiger partial charge in [-0.15, -0.1) is 0 Å². The number of rotatable bonds is 4. The van der Waals surface area contributed by atoms with Crippen molar-refractivity contribution in [2.75, 3.05) is 5.32 Å². The number of aliphatic imine (C=N–C) groups is 1. The molecule has 0 bridgehead atoms. The number of hydrogen-bond donors (Lipinski definition) is 2. The summed E-state index contributed by atoms with van der Waals surface area (Å²) >= 11 is 12.3. The predicted molar refractivity (Wildman–Crippen MR) is 106 cm³/mol. The fourth-order valence-electron chi connectivity index (χ4n) is 2.95. The molecule has 0 unspecified atom stereocenters. The van der Waals surface area contributed by atoms with Crippen LogP contribution in [0.4, 0.5) is 10.2 Å². The first-order valence-corrected chi connectivity index (χ1v) is 9.29. The Bertz CT molecular complexity index is 1100.